The Morgan fingerprint density at radius 1 is 1.37 bits per heavy atom. The standard InChI is InChI=1S/C11H14F2N2O3S/c12-9-5-7(14)6-10(11(9)13)19(17,18)15(3-4-16)8-1-2-8/h5-6,8,16H,1-4,14H2. The van der Waals surface area contributed by atoms with Gasteiger partial charge in [0, 0.05) is 18.3 Å². The normalized spacial score (nSPS) is 16.0. The Morgan fingerprint density at radius 2 is 2.00 bits per heavy atom. The summed E-state index contributed by atoms with van der Waals surface area (Å²) in [6, 6.07) is 1.35. The number of rotatable bonds is 5. The van der Waals surface area contributed by atoms with Crippen molar-refractivity contribution in [2.75, 3.05) is 18.9 Å². The number of aliphatic hydroxyl groups is 1. The third-order valence-corrected chi connectivity index (χ3v) is 4.83. The Labute approximate surface area is 109 Å². The number of hydrogen-bond donors (Lipinski definition) is 2. The van der Waals surface area contributed by atoms with Crippen LogP contribution in [0.25, 0.3) is 0 Å². The van der Waals surface area contributed by atoms with Crippen molar-refractivity contribution in [3.05, 3.63) is 23.8 Å². The molecule has 8 heteroatoms. The van der Waals surface area contributed by atoms with Crippen LogP contribution in [0.2, 0.25) is 0 Å². The fourth-order valence-electron chi connectivity index (χ4n) is 1.86. The molecule has 0 radical (unpaired) electrons. The van der Waals surface area contributed by atoms with Gasteiger partial charge in [-0.25, -0.2) is 17.2 Å². The molecule has 0 aliphatic heterocycles. The van der Waals surface area contributed by atoms with Gasteiger partial charge in [-0.15, -0.1) is 0 Å². The first-order chi connectivity index (χ1) is 8.87. The van der Waals surface area contributed by atoms with E-state index < -0.39 is 26.6 Å². The van der Waals surface area contributed by atoms with E-state index in [0.29, 0.717) is 12.8 Å². The average Bonchev–Trinajstić information content (AvgIpc) is 3.14. The van der Waals surface area contributed by atoms with E-state index in [4.69, 9.17) is 10.8 Å². The molecule has 0 unspecified atom stereocenters. The van der Waals surface area contributed by atoms with Crippen LogP contribution in [-0.2, 0) is 10.0 Å². The van der Waals surface area contributed by atoms with E-state index in [-0.39, 0.29) is 24.9 Å². The van der Waals surface area contributed by atoms with Crippen molar-refractivity contribution in [3.8, 4) is 0 Å². The van der Waals surface area contributed by atoms with Crippen molar-refractivity contribution in [2.24, 2.45) is 0 Å². The zero-order valence-electron chi connectivity index (χ0n) is 10.0. The van der Waals surface area contributed by atoms with Gasteiger partial charge in [-0.05, 0) is 25.0 Å². The number of nitrogen functional groups attached to an aromatic ring is 1. The first-order valence-corrected chi connectivity index (χ1v) is 7.19. The van der Waals surface area contributed by atoms with Gasteiger partial charge < -0.3 is 10.8 Å². The van der Waals surface area contributed by atoms with Gasteiger partial charge in [0.15, 0.2) is 11.6 Å². The van der Waals surface area contributed by atoms with Crippen LogP contribution in [0.4, 0.5) is 14.5 Å². The molecule has 1 aliphatic carbocycles. The van der Waals surface area contributed by atoms with Crippen LogP contribution in [0.1, 0.15) is 12.8 Å². The zero-order chi connectivity index (χ0) is 14.2. The summed E-state index contributed by atoms with van der Waals surface area (Å²) < 4.78 is 52.5. The van der Waals surface area contributed by atoms with E-state index in [0.717, 1.165) is 16.4 Å². The highest BCUT2D eigenvalue weighted by atomic mass is 32.2. The maximum atomic E-state index is 13.7. The molecule has 19 heavy (non-hydrogen) atoms. The minimum absolute atomic E-state index is 0.150. The van der Waals surface area contributed by atoms with Gasteiger partial charge in [0.1, 0.15) is 4.90 Å². The summed E-state index contributed by atoms with van der Waals surface area (Å²) in [7, 11) is -4.20. The molecule has 1 fully saturated rings. The second kappa shape index (κ2) is 5.03. The summed E-state index contributed by atoms with van der Waals surface area (Å²) in [4.78, 5) is -0.787. The molecule has 106 valence electrons. The molecule has 1 aromatic rings. The lowest BCUT2D eigenvalue weighted by Gasteiger charge is -2.21. The number of benzene rings is 1. The molecule has 0 amide bonds. The van der Waals surface area contributed by atoms with Crippen molar-refractivity contribution in [1.82, 2.24) is 4.31 Å². The van der Waals surface area contributed by atoms with Crippen LogP contribution in [0.15, 0.2) is 17.0 Å². The molecule has 0 saturated heterocycles. The third-order valence-electron chi connectivity index (χ3n) is 2.88. The van der Waals surface area contributed by atoms with Gasteiger partial charge in [0.25, 0.3) is 0 Å². The van der Waals surface area contributed by atoms with E-state index in [1.807, 2.05) is 0 Å². The minimum atomic E-state index is -4.20. The summed E-state index contributed by atoms with van der Waals surface area (Å²) in [6.07, 6.45) is 1.29. The Balaban J connectivity index is 2.49. The Bertz CT molecular complexity index is 588. The highest BCUT2D eigenvalue weighted by molar-refractivity contribution is 7.89. The van der Waals surface area contributed by atoms with E-state index >= 15 is 0 Å². The van der Waals surface area contributed by atoms with Crippen molar-refractivity contribution >= 4 is 15.7 Å². The van der Waals surface area contributed by atoms with Gasteiger partial charge in [-0.2, -0.15) is 4.31 Å². The number of halogens is 2. The van der Waals surface area contributed by atoms with E-state index in [2.05, 4.69) is 0 Å². The maximum absolute atomic E-state index is 13.7. The lowest BCUT2D eigenvalue weighted by atomic mass is 10.3. The molecule has 2 rings (SSSR count). The lowest BCUT2D eigenvalue weighted by Crippen LogP contribution is -2.36. The van der Waals surface area contributed by atoms with Gasteiger partial charge >= 0.3 is 0 Å². The smallest absolute Gasteiger partial charge is 0.246 e. The summed E-state index contributed by atoms with van der Waals surface area (Å²) in [5, 5.41) is 8.90. The van der Waals surface area contributed by atoms with Crippen molar-refractivity contribution in [3.63, 3.8) is 0 Å². The fraction of sp³-hybridized carbons (Fsp3) is 0.455. The van der Waals surface area contributed by atoms with Gasteiger partial charge in [0.2, 0.25) is 10.0 Å². The molecule has 0 atom stereocenters. The number of sulfonamides is 1. The first kappa shape index (κ1) is 14.2. The topological polar surface area (TPSA) is 83.6 Å². The SMILES string of the molecule is Nc1cc(F)c(F)c(S(=O)(=O)N(CCO)C2CC2)c1. The molecule has 3 N–H and O–H groups in total. The third kappa shape index (κ3) is 2.70. The molecule has 0 heterocycles. The van der Waals surface area contributed by atoms with Crippen LogP contribution in [-0.4, -0.2) is 37.0 Å². The van der Waals surface area contributed by atoms with E-state index in [9.17, 15) is 17.2 Å². The Morgan fingerprint density at radius 3 is 2.53 bits per heavy atom. The van der Waals surface area contributed by atoms with E-state index in [1.165, 1.54) is 0 Å². The van der Waals surface area contributed by atoms with Crippen molar-refractivity contribution in [1.29, 1.82) is 0 Å². The molecule has 1 aliphatic rings. The van der Waals surface area contributed by atoms with Gasteiger partial charge in [-0.3, -0.25) is 0 Å². The van der Waals surface area contributed by atoms with E-state index in [1.54, 1.807) is 0 Å². The Kier molecular flexibility index (Phi) is 3.75. The summed E-state index contributed by atoms with van der Waals surface area (Å²) in [6.45, 7) is -0.537. The van der Waals surface area contributed by atoms with Crippen LogP contribution in [0.3, 0.4) is 0 Å². The van der Waals surface area contributed by atoms with Crippen LogP contribution in [0, 0.1) is 11.6 Å². The average molecular weight is 292 g/mol. The molecular formula is C11H14F2N2O3S. The lowest BCUT2D eigenvalue weighted by molar-refractivity contribution is 0.250. The maximum Gasteiger partial charge on any atom is 0.246 e. The first-order valence-electron chi connectivity index (χ1n) is 5.75. The van der Waals surface area contributed by atoms with Crippen LogP contribution < -0.4 is 5.73 Å². The molecule has 0 aromatic heterocycles. The largest absolute Gasteiger partial charge is 0.399 e. The number of nitrogens with two attached hydrogens (primary N) is 1. The fourth-order valence-corrected chi connectivity index (χ4v) is 3.64. The minimum Gasteiger partial charge on any atom is -0.399 e. The second-order valence-corrected chi connectivity index (χ2v) is 6.24. The highest BCUT2D eigenvalue weighted by Gasteiger charge is 2.39. The number of nitrogens with zero attached hydrogens (tertiary/aromatic N) is 1. The predicted octanol–water partition coefficient (Wildman–Crippen LogP) is 0.692. The van der Waals surface area contributed by atoms with Crippen LogP contribution in [0.5, 0.6) is 0 Å². The molecule has 1 saturated carbocycles. The summed E-state index contributed by atoms with van der Waals surface area (Å²) in [5.41, 5.74) is 5.18. The monoisotopic (exact) mass is 292 g/mol. The highest BCUT2D eigenvalue weighted by Crippen LogP contribution is 2.33. The van der Waals surface area contributed by atoms with Gasteiger partial charge in [-0.1, -0.05) is 0 Å². The summed E-state index contributed by atoms with van der Waals surface area (Å²) >= 11 is 0. The second-order valence-electron chi connectivity index (χ2n) is 4.39. The van der Waals surface area contributed by atoms with Crippen LogP contribution >= 0.6 is 0 Å². The summed E-state index contributed by atoms with van der Waals surface area (Å²) in [5.74, 6) is -2.75. The molecule has 5 nitrogen and oxygen atoms in total. The molecular weight excluding hydrogens is 278 g/mol. The number of aliphatic hydroxyl groups excluding tert-OH is 1. The number of anilines is 1. The van der Waals surface area contributed by atoms with Crippen molar-refractivity contribution in [2.45, 2.75) is 23.8 Å². The number of hydrogen-bond acceptors (Lipinski definition) is 4. The van der Waals surface area contributed by atoms with Gasteiger partial charge in [0.05, 0.1) is 6.61 Å². The quantitative estimate of drug-likeness (QED) is 0.782. The molecule has 0 bridgehead atoms. The molecule has 0 spiro atoms. The predicted molar refractivity (Wildman–Crippen MR) is 64.8 cm³/mol. The Hall–Kier alpha value is -1.25. The molecule has 1 aromatic carbocycles. The zero-order valence-corrected chi connectivity index (χ0v) is 10.8. The van der Waals surface area contributed by atoms with Crippen molar-refractivity contribution < 1.29 is 22.3 Å².